The van der Waals surface area contributed by atoms with E-state index in [0.29, 0.717) is 16.0 Å². The summed E-state index contributed by atoms with van der Waals surface area (Å²) in [6, 6.07) is 2.86. The van der Waals surface area contributed by atoms with E-state index in [9.17, 15) is 9.18 Å². The number of aromatic amines is 1. The highest BCUT2D eigenvalue weighted by Crippen LogP contribution is 2.24. The van der Waals surface area contributed by atoms with E-state index in [4.69, 9.17) is 0 Å². The highest BCUT2D eigenvalue weighted by molar-refractivity contribution is 9.10. The lowest BCUT2D eigenvalue weighted by Gasteiger charge is -2.07. The van der Waals surface area contributed by atoms with Crippen LogP contribution in [0.15, 0.2) is 16.6 Å². The van der Waals surface area contributed by atoms with Crippen LogP contribution >= 0.6 is 15.9 Å². The second kappa shape index (κ2) is 6.13. The summed E-state index contributed by atoms with van der Waals surface area (Å²) in [6.45, 7) is 3.79. The number of nitrogens with zero attached hydrogens (tertiary/aromatic N) is 2. The number of carbonyl (C=O) groups excluding carboxylic acids is 1. The van der Waals surface area contributed by atoms with E-state index in [2.05, 4.69) is 36.4 Å². The summed E-state index contributed by atoms with van der Waals surface area (Å²) in [5.41, 5.74) is 1.15. The Morgan fingerprint density at radius 2 is 2.25 bits per heavy atom. The van der Waals surface area contributed by atoms with E-state index < -0.39 is 11.7 Å². The Morgan fingerprint density at radius 1 is 1.50 bits per heavy atom. The van der Waals surface area contributed by atoms with E-state index in [1.54, 1.807) is 13.0 Å². The Hall–Kier alpha value is -1.76. The van der Waals surface area contributed by atoms with Crippen LogP contribution in [-0.4, -0.2) is 21.1 Å². The first-order valence-corrected chi connectivity index (χ1v) is 6.98. The van der Waals surface area contributed by atoms with Crippen LogP contribution in [0.1, 0.15) is 35.4 Å². The zero-order valence-corrected chi connectivity index (χ0v) is 12.7. The normalized spacial score (nSPS) is 10.6. The van der Waals surface area contributed by atoms with Crippen molar-refractivity contribution in [3.63, 3.8) is 0 Å². The Morgan fingerprint density at radius 3 is 2.95 bits per heavy atom. The first-order valence-electron chi connectivity index (χ1n) is 6.19. The number of nitrogens with one attached hydrogen (secondary N) is 2. The number of hydrogen-bond acceptors (Lipinski definition) is 3. The number of halogens is 2. The maximum absolute atomic E-state index is 13.5. The molecular formula is C13H14BrFN4O. The van der Waals surface area contributed by atoms with Crippen molar-refractivity contribution in [2.75, 3.05) is 5.32 Å². The molecule has 0 aliphatic rings. The van der Waals surface area contributed by atoms with Crippen LogP contribution in [-0.2, 0) is 6.42 Å². The van der Waals surface area contributed by atoms with Crippen molar-refractivity contribution < 1.29 is 9.18 Å². The molecule has 0 radical (unpaired) electrons. The number of carbonyl (C=O) groups is 1. The molecule has 2 rings (SSSR count). The summed E-state index contributed by atoms with van der Waals surface area (Å²) in [5.74, 6) is -0.187. The van der Waals surface area contributed by atoms with E-state index in [1.807, 2.05) is 6.92 Å². The number of aromatic nitrogens is 3. The largest absolute Gasteiger partial charge is 0.319 e. The summed E-state index contributed by atoms with van der Waals surface area (Å²) in [6.07, 6.45) is 1.64. The van der Waals surface area contributed by atoms with Gasteiger partial charge in [-0.05, 0) is 47.0 Å². The van der Waals surface area contributed by atoms with Crippen LogP contribution in [0.2, 0.25) is 0 Å². The first kappa shape index (κ1) is 14.6. The van der Waals surface area contributed by atoms with Gasteiger partial charge in [-0.15, -0.1) is 5.10 Å². The molecular weight excluding hydrogens is 327 g/mol. The van der Waals surface area contributed by atoms with Gasteiger partial charge in [-0.25, -0.2) is 9.37 Å². The molecule has 0 atom stereocenters. The van der Waals surface area contributed by atoms with Crippen molar-refractivity contribution in [1.82, 2.24) is 15.2 Å². The van der Waals surface area contributed by atoms with Gasteiger partial charge in [-0.1, -0.05) is 6.92 Å². The van der Waals surface area contributed by atoms with Gasteiger partial charge in [0.1, 0.15) is 11.6 Å². The number of benzene rings is 1. The van der Waals surface area contributed by atoms with E-state index >= 15 is 0 Å². The average Bonchev–Trinajstić information content (AvgIpc) is 2.85. The molecule has 0 saturated carbocycles. The fraction of sp³-hybridized carbons (Fsp3) is 0.308. The van der Waals surface area contributed by atoms with Gasteiger partial charge >= 0.3 is 0 Å². The van der Waals surface area contributed by atoms with Gasteiger partial charge in [-0.2, -0.15) is 0 Å². The molecule has 0 aliphatic heterocycles. The standard InChI is InChI=1S/C13H14BrFN4O/c1-3-4-11-17-12(19-18-11)13(20)16-10-6-9(15)8(14)5-7(10)2/h5-6H,3-4H2,1-2H3,(H,16,20)(H,17,18,19). The molecule has 0 unspecified atom stereocenters. The van der Waals surface area contributed by atoms with Gasteiger partial charge in [0, 0.05) is 12.1 Å². The molecule has 20 heavy (non-hydrogen) atoms. The maximum atomic E-state index is 13.5. The molecule has 0 bridgehead atoms. The smallest absolute Gasteiger partial charge is 0.295 e. The lowest BCUT2D eigenvalue weighted by molar-refractivity contribution is 0.101. The van der Waals surface area contributed by atoms with Crippen molar-refractivity contribution in [3.05, 3.63) is 39.6 Å². The van der Waals surface area contributed by atoms with Gasteiger partial charge in [0.2, 0.25) is 5.82 Å². The van der Waals surface area contributed by atoms with Crippen molar-refractivity contribution in [2.45, 2.75) is 26.7 Å². The van der Waals surface area contributed by atoms with Crippen LogP contribution in [0, 0.1) is 12.7 Å². The molecule has 0 spiro atoms. The van der Waals surface area contributed by atoms with E-state index in [1.165, 1.54) is 6.07 Å². The van der Waals surface area contributed by atoms with Gasteiger partial charge in [0.05, 0.1) is 4.47 Å². The minimum absolute atomic E-state index is 0.0520. The number of anilines is 1. The van der Waals surface area contributed by atoms with Crippen molar-refractivity contribution in [1.29, 1.82) is 0 Å². The quantitative estimate of drug-likeness (QED) is 0.897. The molecule has 1 amide bonds. The van der Waals surface area contributed by atoms with Crippen LogP contribution in [0.3, 0.4) is 0 Å². The van der Waals surface area contributed by atoms with Crippen molar-refractivity contribution >= 4 is 27.5 Å². The lowest BCUT2D eigenvalue weighted by Crippen LogP contribution is -2.15. The first-order chi connectivity index (χ1) is 9.51. The van der Waals surface area contributed by atoms with Crippen LogP contribution < -0.4 is 5.32 Å². The minimum atomic E-state index is -0.464. The third-order valence-corrected chi connectivity index (χ3v) is 3.34. The maximum Gasteiger partial charge on any atom is 0.295 e. The van der Waals surface area contributed by atoms with Crippen molar-refractivity contribution in [2.24, 2.45) is 0 Å². The second-order valence-electron chi connectivity index (χ2n) is 4.39. The van der Waals surface area contributed by atoms with E-state index in [-0.39, 0.29) is 5.82 Å². The molecule has 2 aromatic rings. The third kappa shape index (κ3) is 3.22. The average molecular weight is 341 g/mol. The summed E-state index contributed by atoms with van der Waals surface area (Å²) in [5, 5.41) is 9.16. The summed E-state index contributed by atoms with van der Waals surface area (Å²) < 4.78 is 13.8. The molecule has 5 nitrogen and oxygen atoms in total. The predicted molar refractivity (Wildman–Crippen MR) is 77.2 cm³/mol. The molecule has 1 aromatic heterocycles. The monoisotopic (exact) mass is 340 g/mol. The molecule has 7 heteroatoms. The zero-order valence-electron chi connectivity index (χ0n) is 11.1. The third-order valence-electron chi connectivity index (χ3n) is 2.74. The molecule has 0 saturated heterocycles. The Labute approximate surface area is 124 Å². The summed E-state index contributed by atoms with van der Waals surface area (Å²) in [4.78, 5) is 16.1. The number of rotatable bonds is 4. The number of amides is 1. The molecule has 1 heterocycles. The van der Waals surface area contributed by atoms with Crippen LogP contribution in [0.25, 0.3) is 0 Å². The fourth-order valence-electron chi connectivity index (χ4n) is 1.70. The summed E-state index contributed by atoms with van der Waals surface area (Å²) in [7, 11) is 0. The van der Waals surface area contributed by atoms with Gasteiger partial charge in [0.25, 0.3) is 5.91 Å². The summed E-state index contributed by atoms with van der Waals surface area (Å²) >= 11 is 3.09. The number of H-pyrrole nitrogens is 1. The highest BCUT2D eigenvalue weighted by atomic mass is 79.9. The number of hydrogen-bond donors (Lipinski definition) is 2. The highest BCUT2D eigenvalue weighted by Gasteiger charge is 2.14. The Bertz CT molecular complexity index is 641. The van der Waals surface area contributed by atoms with Crippen molar-refractivity contribution in [3.8, 4) is 0 Å². The van der Waals surface area contributed by atoms with E-state index in [0.717, 1.165) is 18.4 Å². The SMILES string of the molecule is CCCc1nc(C(=O)Nc2cc(F)c(Br)cc2C)n[nH]1. The zero-order chi connectivity index (χ0) is 14.7. The minimum Gasteiger partial charge on any atom is -0.319 e. The van der Waals surface area contributed by atoms with Gasteiger partial charge < -0.3 is 5.32 Å². The van der Waals surface area contributed by atoms with Gasteiger partial charge in [-0.3, -0.25) is 9.89 Å². The molecule has 0 aliphatic carbocycles. The molecule has 2 N–H and O–H groups in total. The molecule has 1 aromatic carbocycles. The van der Waals surface area contributed by atoms with Gasteiger partial charge in [0.15, 0.2) is 0 Å². The van der Waals surface area contributed by atoms with Crippen LogP contribution in [0.5, 0.6) is 0 Å². The topological polar surface area (TPSA) is 70.7 Å². The fourth-order valence-corrected chi connectivity index (χ4v) is 2.16. The Balaban J connectivity index is 2.16. The number of aryl methyl sites for hydroxylation is 2. The lowest BCUT2D eigenvalue weighted by atomic mass is 10.2. The molecule has 0 fully saturated rings. The Kier molecular flexibility index (Phi) is 4.49. The molecule has 106 valence electrons. The van der Waals surface area contributed by atoms with Crippen LogP contribution in [0.4, 0.5) is 10.1 Å². The predicted octanol–water partition coefficient (Wildman–Crippen LogP) is 3.22. The second-order valence-corrected chi connectivity index (χ2v) is 5.25.